The second-order valence-electron chi connectivity index (χ2n) is 3.01. The molecule has 0 unspecified atom stereocenters. The van der Waals surface area contributed by atoms with Crippen molar-refractivity contribution in [3.63, 3.8) is 0 Å². The zero-order valence-corrected chi connectivity index (χ0v) is 6.29. The number of hydrogen-bond acceptors (Lipinski definition) is 3. The lowest BCUT2D eigenvalue weighted by atomic mass is 9.96. The van der Waals surface area contributed by atoms with Crippen molar-refractivity contribution in [3.05, 3.63) is 0 Å². The van der Waals surface area contributed by atoms with Crippen LogP contribution < -0.4 is 11.5 Å². The number of rotatable bonds is 3. The monoisotopic (exact) mass is 146 g/mol. The van der Waals surface area contributed by atoms with Gasteiger partial charge in [0, 0.05) is 5.54 Å². The topological polar surface area (TPSA) is 89.3 Å². The molecule has 0 saturated carbocycles. The molecular formula is C6H14N2O2. The number of primary amides is 1. The van der Waals surface area contributed by atoms with Crippen molar-refractivity contribution in [3.8, 4) is 0 Å². The number of hydrogen-bond donors (Lipinski definition) is 3. The third kappa shape index (κ3) is 3.42. The largest absolute Gasteiger partial charge is 0.391 e. The highest BCUT2D eigenvalue weighted by molar-refractivity contribution is 5.74. The number of aliphatic hydroxyl groups excluding tert-OH is 1. The lowest BCUT2D eigenvalue weighted by Gasteiger charge is -2.24. The summed E-state index contributed by atoms with van der Waals surface area (Å²) in [5.74, 6) is -0.536. The summed E-state index contributed by atoms with van der Waals surface area (Å²) in [6.45, 7) is 3.28. The Morgan fingerprint density at radius 3 is 2.20 bits per heavy atom. The number of carbonyl (C=O) groups is 1. The van der Waals surface area contributed by atoms with E-state index >= 15 is 0 Å². The van der Waals surface area contributed by atoms with Crippen molar-refractivity contribution in [1.29, 1.82) is 0 Å². The van der Waals surface area contributed by atoms with Gasteiger partial charge in [0.25, 0.3) is 0 Å². The first-order chi connectivity index (χ1) is 4.34. The molecule has 4 heteroatoms. The van der Waals surface area contributed by atoms with E-state index in [1.165, 1.54) is 0 Å². The summed E-state index contributed by atoms with van der Waals surface area (Å²) in [5.41, 5.74) is 9.55. The van der Waals surface area contributed by atoms with E-state index in [4.69, 9.17) is 16.6 Å². The van der Waals surface area contributed by atoms with Crippen LogP contribution in [0.4, 0.5) is 0 Å². The standard InChI is InChI=1S/C6H14N2O2/c1-6(2,8)4(9)3-5(7)10/h4,9H,3,8H2,1-2H3,(H2,7,10)/t4-/m1/s1. The van der Waals surface area contributed by atoms with Crippen molar-refractivity contribution >= 4 is 5.91 Å². The van der Waals surface area contributed by atoms with Crippen LogP contribution in [0.2, 0.25) is 0 Å². The molecule has 60 valence electrons. The highest BCUT2D eigenvalue weighted by Gasteiger charge is 2.23. The Bertz CT molecular complexity index is 128. The van der Waals surface area contributed by atoms with Gasteiger partial charge in [-0.05, 0) is 13.8 Å². The molecule has 0 aliphatic rings. The van der Waals surface area contributed by atoms with Crippen LogP contribution in [0.25, 0.3) is 0 Å². The predicted octanol–water partition coefficient (Wildman–Crippen LogP) is -1.04. The third-order valence-corrected chi connectivity index (χ3v) is 1.25. The highest BCUT2D eigenvalue weighted by Crippen LogP contribution is 2.07. The van der Waals surface area contributed by atoms with Crippen molar-refractivity contribution in [2.75, 3.05) is 0 Å². The number of aliphatic hydroxyl groups is 1. The third-order valence-electron chi connectivity index (χ3n) is 1.25. The molecule has 0 aromatic rings. The van der Waals surface area contributed by atoms with Crippen LogP contribution in [0.15, 0.2) is 0 Å². The quantitative estimate of drug-likeness (QED) is 0.475. The molecule has 5 N–H and O–H groups in total. The van der Waals surface area contributed by atoms with E-state index in [2.05, 4.69) is 0 Å². The number of amides is 1. The minimum Gasteiger partial charge on any atom is -0.391 e. The molecule has 0 heterocycles. The van der Waals surface area contributed by atoms with E-state index in [1.54, 1.807) is 13.8 Å². The summed E-state index contributed by atoms with van der Waals surface area (Å²) in [5, 5.41) is 9.13. The Labute approximate surface area is 60.2 Å². The highest BCUT2D eigenvalue weighted by atomic mass is 16.3. The molecule has 0 radical (unpaired) electrons. The van der Waals surface area contributed by atoms with Crippen molar-refractivity contribution < 1.29 is 9.90 Å². The van der Waals surface area contributed by atoms with Crippen LogP contribution in [0.5, 0.6) is 0 Å². The van der Waals surface area contributed by atoms with Gasteiger partial charge >= 0.3 is 0 Å². The lowest BCUT2D eigenvalue weighted by molar-refractivity contribution is -0.120. The van der Waals surface area contributed by atoms with E-state index in [0.29, 0.717) is 0 Å². The first-order valence-corrected chi connectivity index (χ1v) is 3.09. The van der Waals surface area contributed by atoms with E-state index in [1.807, 2.05) is 0 Å². The van der Waals surface area contributed by atoms with Gasteiger partial charge in [0.15, 0.2) is 0 Å². The zero-order valence-electron chi connectivity index (χ0n) is 6.29. The molecule has 0 rings (SSSR count). The van der Waals surface area contributed by atoms with Gasteiger partial charge in [-0.25, -0.2) is 0 Å². The molecule has 0 aliphatic carbocycles. The van der Waals surface area contributed by atoms with Gasteiger partial charge in [0.05, 0.1) is 12.5 Å². The maximum atomic E-state index is 10.3. The molecule has 0 bridgehead atoms. The second kappa shape index (κ2) is 2.98. The summed E-state index contributed by atoms with van der Waals surface area (Å²) in [6.07, 6.45) is -0.936. The van der Waals surface area contributed by atoms with Crippen LogP contribution in [-0.2, 0) is 4.79 Å². The summed E-state index contributed by atoms with van der Waals surface area (Å²) < 4.78 is 0. The maximum absolute atomic E-state index is 10.3. The van der Waals surface area contributed by atoms with Crippen molar-refractivity contribution in [2.45, 2.75) is 31.9 Å². The fraction of sp³-hybridized carbons (Fsp3) is 0.833. The fourth-order valence-electron chi connectivity index (χ4n) is 0.454. The minimum absolute atomic E-state index is 0.0799. The molecule has 0 saturated heterocycles. The normalized spacial score (nSPS) is 14.8. The first kappa shape index (κ1) is 9.39. The smallest absolute Gasteiger partial charge is 0.220 e. The molecular weight excluding hydrogens is 132 g/mol. The molecule has 10 heavy (non-hydrogen) atoms. The van der Waals surface area contributed by atoms with Gasteiger partial charge in [0.2, 0.25) is 5.91 Å². The summed E-state index contributed by atoms with van der Waals surface area (Å²) in [6, 6.07) is 0. The zero-order chi connectivity index (χ0) is 8.36. The minimum atomic E-state index is -0.856. The van der Waals surface area contributed by atoms with Crippen LogP contribution in [0.3, 0.4) is 0 Å². The Kier molecular flexibility index (Phi) is 2.80. The number of carbonyl (C=O) groups excluding carboxylic acids is 1. The Morgan fingerprint density at radius 2 is 2.10 bits per heavy atom. The molecule has 0 fully saturated rings. The second-order valence-corrected chi connectivity index (χ2v) is 3.01. The Balaban J connectivity index is 3.85. The van der Waals surface area contributed by atoms with Gasteiger partial charge in [-0.1, -0.05) is 0 Å². The van der Waals surface area contributed by atoms with Crippen LogP contribution in [0, 0.1) is 0 Å². The van der Waals surface area contributed by atoms with Crippen LogP contribution in [-0.4, -0.2) is 22.7 Å². The molecule has 0 aromatic heterocycles. The van der Waals surface area contributed by atoms with Crippen LogP contribution >= 0.6 is 0 Å². The molecule has 0 spiro atoms. The first-order valence-electron chi connectivity index (χ1n) is 3.09. The van der Waals surface area contributed by atoms with Crippen molar-refractivity contribution in [1.82, 2.24) is 0 Å². The van der Waals surface area contributed by atoms with E-state index in [0.717, 1.165) is 0 Å². The maximum Gasteiger partial charge on any atom is 0.220 e. The van der Waals surface area contributed by atoms with Crippen LogP contribution in [0.1, 0.15) is 20.3 Å². The molecule has 0 aromatic carbocycles. The van der Waals surface area contributed by atoms with Gasteiger partial charge in [-0.2, -0.15) is 0 Å². The summed E-state index contributed by atoms with van der Waals surface area (Å²) in [4.78, 5) is 10.3. The Morgan fingerprint density at radius 1 is 1.70 bits per heavy atom. The predicted molar refractivity (Wildman–Crippen MR) is 38.1 cm³/mol. The SMILES string of the molecule is CC(C)(N)[C@H](O)CC(N)=O. The number of nitrogens with two attached hydrogens (primary N) is 2. The lowest BCUT2D eigenvalue weighted by Crippen LogP contribution is -2.46. The van der Waals surface area contributed by atoms with E-state index in [-0.39, 0.29) is 6.42 Å². The average molecular weight is 146 g/mol. The molecule has 1 atom stereocenters. The summed E-state index contributed by atoms with van der Waals surface area (Å²) in [7, 11) is 0. The summed E-state index contributed by atoms with van der Waals surface area (Å²) >= 11 is 0. The van der Waals surface area contributed by atoms with Gasteiger partial charge in [-0.3, -0.25) is 4.79 Å². The van der Waals surface area contributed by atoms with Gasteiger partial charge in [-0.15, -0.1) is 0 Å². The van der Waals surface area contributed by atoms with Gasteiger partial charge < -0.3 is 16.6 Å². The van der Waals surface area contributed by atoms with Crippen molar-refractivity contribution in [2.24, 2.45) is 11.5 Å². The fourth-order valence-corrected chi connectivity index (χ4v) is 0.454. The molecule has 4 nitrogen and oxygen atoms in total. The van der Waals surface area contributed by atoms with Gasteiger partial charge in [0.1, 0.15) is 0 Å². The average Bonchev–Trinajstić information content (AvgIpc) is 1.60. The van der Waals surface area contributed by atoms with E-state index in [9.17, 15) is 4.79 Å². The molecule has 0 aliphatic heterocycles. The molecule has 1 amide bonds. The van der Waals surface area contributed by atoms with E-state index < -0.39 is 17.6 Å². The Hall–Kier alpha value is -0.610.